The van der Waals surface area contributed by atoms with E-state index < -0.39 is 0 Å². The molecule has 21 heavy (non-hydrogen) atoms. The predicted molar refractivity (Wildman–Crippen MR) is 88.4 cm³/mol. The lowest BCUT2D eigenvalue weighted by Crippen LogP contribution is -2.23. The van der Waals surface area contributed by atoms with Crippen molar-refractivity contribution in [2.75, 3.05) is 5.73 Å². The second-order valence-electron chi connectivity index (χ2n) is 6.29. The average Bonchev–Trinajstić information content (AvgIpc) is 2.53. The summed E-state index contributed by atoms with van der Waals surface area (Å²) >= 11 is 0. The van der Waals surface area contributed by atoms with Gasteiger partial charge in [0.2, 0.25) is 0 Å². The van der Waals surface area contributed by atoms with Crippen molar-refractivity contribution < 1.29 is 4.79 Å². The third-order valence-corrected chi connectivity index (χ3v) is 4.91. The number of carbonyl (C=O) groups is 1. The Kier molecular flexibility index (Phi) is 3.96. The lowest BCUT2D eigenvalue weighted by molar-refractivity contribution is 0.0863. The number of ketones is 1. The van der Waals surface area contributed by atoms with Crippen LogP contribution >= 0.6 is 0 Å². The van der Waals surface area contributed by atoms with E-state index in [1.165, 1.54) is 19.3 Å². The second kappa shape index (κ2) is 5.88. The lowest BCUT2D eigenvalue weighted by Gasteiger charge is -2.27. The van der Waals surface area contributed by atoms with Crippen LogP contribution in [-0.4, -0.2) is 5.78 Å². The maximum absolute atomic E-state index is 12.8. The quantitative estimate of drug-likeness (QED) is 0.647. The summed E-state index contributed by atoms with van der Waals surface area (Å²) < 4.78 is 0. The maximum atomic E-state index is 12.8. The number of fused-ring (bicyclic) bond motifs is 1. The molecule has 2 nitrogen and oxygen atoms in total. The summed E-state index contributed by atoms with van der Waals surface area (Å²) in [6.45, 7) is 2.22. The molecule has 2 aromatic carbocycles. The van der Waals surface area contributed by atoms with E-state index in [-0.39, 0.29) is 11.7 Å². The Labute approximate surface area is 126 Å². The lowest BCUT2D eigenvalue weighted by atomic mass is 9.76. The van der Waals surface area contributed by atoms with E-state index >= 15 is 0 Å². The van der Waals surface area contributed by atoms with E-state index in [2.05, 4.69) is 6.92 Å². The molecule has 2 unspecified atom stereocenters. The maximum Gasteiger partial charge on any atom is 0.168 e. The first-order chi connectivity index (χ1) is 10.2. The highest BCUT2D eigenvalue weighted by Crippen LogP contribution is 2.34. The Morgan fingerprint density at radius 2 is 1.90 bits per heavy atom. The minimum absolute atomic E-state index is 0.159. The molecule has 2 heteroatoms. The van der Waals surface area contributed by atoms with Crippen molar-refractivity contribution in [3.8, 4) is 0 Å². The van der Waals surface area contributed by atoms with Gasteiger partial charge in [-0.1, -0.05) is 50.5 Å². The molecule has 2 atom stereocenters. The van der Waals surface area contributed by atoms with E-state index in [1.54, 1.807) is 0 Å². The van der Waals surface area contributed by atoms with Crippen LogP contribution in [0.1, 0.15) is 49.4 Å². The fourth-order valence-corrected chi connectivity index (χ4v) is 3.59. The molecule has 0 heterocycles. The molecule has 0 aliphatic heterocycles. The Balaban J connectivity index is 1.92. The van der Waals surface area contributed by atoms with Crippen molar-refractivity contribution in [3.05, 3.63) is 42.0 Å². The number of Topliss-reactive ketones (excluding diaryl/α,β-unsaturated/α-hetero) is 1. The molecule has 0 saturated heterocycles. The van der Waals surface area contributed by atoms with Crippen molar-refractivity contribution in [2.45, 2.75) is 39.0 Å². The molecule has 0 aromatic heterocycles. The summed E-state index contributed by atoms with van der Waals surface area (Å²) in [6, 6.07) is 12.0. The molecular formula is C19H23NO. The molecule has 3 rings (SSSR count). The third-order valence-electron chi connectivity index (χ3n) is 4.91. The summed E-state index contributed by atoms with van der Waals surface area (Å²) in [5, 5.41) is 2.19. The van der Waals surface area contributed by atoms with E-state index in [4.69, 9.17) is 5.73 Å². The van der Waals surface area contributed by atoms with Gasteiger partial charge in [-0.15, -0.1) is 0 Å². The third kappa shape index (κ3) is 2.80. The van der Waals surface area contributed by atoms with Crippen LogP contribution in [0.2, 0.25) is 0 Å². The van der Waals surface area contributed by atoms with E-state index in [0.29, 0.717) is 11.6 Å². The Bertz CT molecular complexity index is 662. The van der Waals surface area contributed by atoms with Crippen molar-refractivity contribution in [3.63, 3.8) is 0 Å². The Morgan fingerprint density at radius 1 is 1.19 bits per heavy atom. The molecule has 2 aromatic rings. The van der Waals surface area contributed by atoms with Gasteiger partial charge >= 0.3 is 0 Å². The smallest absolute Gasteiger partial charge is 0.168 e. The summed E-state index contributed by atoms with van der Waals surface area (Å²) in [7, 11) is 0. The summed E-state index contributed by atoms with van der Waals surface area (Å²) in [6.07, 6.45) is 5.66. The van der Waals surface area contributed by atoms with Crippen LogP contribution in [0.4, 0.5) is 5.69 Å². The molecule has 1 aliphatic carbocycles. The van der Waals surface area contributed by atoms with E-state index in [0.717, 1.165) is 29.2 Å². The number of hydrogen-bond donors (Lipinski definition) is 1. The second-order valence-corrected chi connectivity index (χ2v) is 6.29. The largest absolute Gasteiger partial charge is 0.398 e. The summed E-state index contributed by atoms with van der Waals surface area (Å²) in [4.78, 5) is 12.8. The average molecular weight is 281 g/mol. The number of rotatable bonds is 3. The van der Waals surface area contributed by atoms with Crippen molar-refractivity contribution in [1.29, 1.82) is 0 Å². The van der Waals surface area contributed by atoms with Crippen LogP contribution in [0, 0.1) is 11.8 Å². The molecule has 1 fully saturated rings. The predicted octanol–water partition coefficient (Wildman–Crippen LogP) is 4.82. The van der Waals surface area contributed by atoms with Gasteiger partial charge in [0.1, 0.15) is 0 Å². The summed E-state index contributed by atoms with van der Waals surface area (Å²) in [5.41, 5.74) is 7.48. The zero-order valence-electron chi connectivity index (χ0n) is 12.6. The van der Waals surface area contributed by atoms with Crippen LogP contribution in [0.15, 0.2) is 36.4 Å². The molecule has 0 bridgehead atoms. The Hall–Kier alpha value is -1.83. The molecule has 0 radical (unpaired) electrons. The van der Waals surface area contributed by atoms with E-state index in [9.17, 15) is 4.79 Å². The number of hydrogen-bond acceptors (Lipinski definition) is 2. The fourth-order valence-electron chi connectivity index (χ4n) is 3.59. The van der Waals surface area contributed by atoms with Crippen LogP contribution < -0.4 is 5.73 Å². The first kappa shape index (κ1) is 14.1. The van der Waals surface area contributed by atoms with Crippen LogP contribution in [0.5, 0.6) is 0 Å². The van der Waals surface area contributed by atoms with Gasteiger partial charge in [-0.25, -0.2) is 0 Å². The highest BCUT2D eigenvalue weighted by atomic mass is 16.1. The van der Waals surface area contributed by atoms with Gasteiger partial charge in [0.15, 0.2) is 5.78 Å². The van der Waals surface area contributed by atoms with Gasteiger partial charge in [0, 0.05) is 17.2 Å². The normalized spacial score (nSPS) is 22.3. The first-order valence-electron chi connectivity index (χ1n) is 8.01. The van der Waals surface area contributed by atoms with Gasteiger partial charge in [-0.05, 0) is 41.7 Å². The molecule has 2 N–H and O–H groups in total. The van der Waals surface area contributed by atoms with Crippen molar-refractivity contribution >= 4 is 22.2 Å². The molecule has 1 aliphatic rings. The highest BCUT2D eigenvalue weighted by molar-refractivity contribution is 6.06. The SMILES string of the molecule is CCC1CCCC(C(=O)c2cc3ccccc3cc2N)C1. The van der Waals surface area contributed by atoms with Crippen molar-refractivity contribution in [2.24, 2.45) is 11.8 Å². The molecule has 1 saturated carbocycles. The molecule has 110 valence electrons. The molecule has 0 amide bonds. The monoisotopic (exact) mass is 281 g/mol. The zero-order chi connectivity index (χ0) is 14.8. The highest BCUT2D eigenvalue weighted by Gasteiger charge is 2.28. The minimum Gasteiger partial charge on any atom is -0.398 e. The molecule has 0 spiro atoms. The number of carbonyl (C=O) groups excluding carboxylic acids is 1. The van der Waals surface area contributed by atoms with Gasteiger partial charge in [-0.2, -0.15) is 0 Å². The van der Waals surface area contributed by atoms with Gasteiger partial charge < -0.3 is 5.73 Å². The fraction of sp³-hybridized carbons (Fsp3) is 0.421. The standard InChI is InChI=1S/C19H23NO/c1-2-13-6-5-9-16(10-13)19(21)17-11-14-7-3-4-8-15(14)12-18(17)20/h3-4,7-8,11-13,16H,2,5-6,9-10,20H2,1H3. The number of anilines is 1. The first-order valence-corrected chi connectivity index (χ1v) is 8.01. The summed E-state index contributed by atoms with van der Waals surface area (Å²) in [5.74, 6) is 1.11. The Morgan fingerprint density at radius 3 is 2.62 bits per heavy atom. The topological polar surface area (TPSA) is 43.1 Å². The minimum atomic E-state index is 0.159. The van der Waals surface area contributed by atoms with Gasteiger partial charge in [0.25, 0.3) is 0 Å². The van der Waals surface area contributed by atoms with Crippen molar-refractivity contribution in [1.82, 2.24) is 0 Å². The number of nitrogens with two attached hydrogens (primary N) is 1. The number of benzene rings is 2. The van der Waals surface area contributed by atoms with Gasteiger partial charge in [0.05, 0.1) is 0 Å². The molecular weight excluding hydrogens is 258 g/mol. The zero-order valence-corrected chi connectivity index (χ0v) is 12.6. The van der Waals surface area contributed by atoms with Crippen LogP contribution in [-0.2, 0) is 0 Å². The van der Waals surface area contributed by atoms with Crippen LogP contribution in [0.25, 0.3) is 10.8 Å². The van der Waals surface area contributed by atoms with Gasteiger partial charge in [-0.3, -0.25) is 4.79 Å². The van der Waals surface area contributed by atoms with E-state index in [1.807, 2.05) is 36.4 Å². The number of nitrogen functional groups attached to an aromatic ring is 1. The van der Waals surface area contributed by atoms with Crippen LogP contribution in [0.3, 0.4) is 0 Å².